The number of nitriles is 1. The molecule has 1 aromatic heterocycles. The zero-order valence-corrected chi connectivity index (χ0v) is 16.3. The minimum absolute atomic E-state index is 0.0234. The van der Waals surface area contributed by atoms with Crippen molar-refractivity contribution in [2.75, 3.05) is 24.6 Å². The van der Waals surface area contributed by atoms with E-state index < -0.39 is 5.82 Å². The predicted octanol–water partition coefficient (Wildman–Crippen LogP) is 2.69. The third-order valence-corrected chi connectivity index (χ3v) is 5.34. The molecule has 1 saturated heterocycles. The fourth-order valence-electron chi connectivity index (χ4n) is 3.79. The van der Waals surface area contributed by atoms with Crippen LogP contribution in [0.5, 0.6) is 5.88 Å². The van der Waals surface area contributed by atoms with E-state index in [1.165, 1.54) is 0 Å². The van der Waals surface area contributed by atoms with Crippen LogP contribution in [-0.4, -0.2) is 46.8 Å². The van der Waals surface area contributed by atoms with Gasteiger partial charge in [-0.05, 0) is 18.4 Å². The van der Waals surface area contributed by atoms with Crippen molar-refractivity contribution >= 4 is 18.1 Å². The predicted molar refractivity (Wildman–Crippen MR) is 107 cm³/mol. The maximum Gasteiger partial charge on any atom is 0.256 e. The van der Waals surface area contributed by atoms with E-state index in [0.717, 1.165) is 11.8 Å². The monoisotopic (exact) mass is 408 g/mol. The minimum atomic E-state index is -0.710. The van der Waals surface area contributed by atoms with Gasteiger partial charge in [-0.1, -0.05) is 30.3 Å². The lowest BCUT2D eigenvalue weighted by atomic mass is 9.94. The Morgan fingerprint density at radius 2 is 2.03 bits per heavy atom. The fourth-order valence-corrected chi connectivity index (χ4v) is 3.79. The summed E-state index contributed by atoms with van der Waals surface area (Å²) in [5, 5.41) is 14.5. The van der Waals surface area contributed by atoms with Crippen LogP contribution in [0.1, 0.15) is 30.9 Å². The van der Waals surface area contributed by atoms with Crippen molar-refractivity contribution in [2.45, 2.75) is 25.3 Å². The summed E-state index contributed by atoms with van der Waals surface area (Å²) in [7, 11) is 0. The molecule has 1 amide bonds. The zero-order chi connectivity index (χ0) is 20.9. The quantitative estimate of drug-likeness (QED) is 0.755. The van der Waals surface area contributed by atoms with E-state index in [1.54, 1.807) is 17.3 Å². The van der Waals surface area contributed by atoms with Gasteiger partial charge in [0, 0.05) is 31.6 Å². The Labute approximate surface area is 173 Å². The van der Waals surface area contributed by atoms with Crippen molar-refractivity contribution in [1.29, 1.82) is 5.26 Å². The van der Waals surface area contributed by atoms with E-state index in [4.69, 9.17) is 10.00 Å². The first-order valence-electron chi connectivity index (χ1n) is 9.85. The average molecular weight is 408 g/mol. The van der Waals surface area contributed by atoms with E-state index in [-0.39, 0.29) is 30.4 Å². The van der Waals surface area contributed by atoms with Crippen LogP contribution in [0.15, 0.2) is 41.6 Å². The molecule has 2 aliphatic rings. The summed E-state index contributed by atoms with van der Waals surface area (Å²) in [5.41, 5.74) is 1.07. The topological polar surface area (TPSA) is 94.7 Å². The molecule has 0 saturated carbocycles. The van der Waals surface area contributed by atoms with Crippen molar-refractivity contribution in [1.82, 2.24) is 15.0 Å². The number of piperidine rings is 1. The van der Waals surface area contributed by atoms with Crippen LogP contribution in [-0.2, 0) is 4.79 Å². The number of anilines is 1. The summed E-state index contributed by atoms with van der Waals surface area (Å²) >= 11 is 0. The van der Waals surface area contributed by atoms with Crippen LogP contribution < -0.4 is 9.64 Å². The smallest absolute Gasteiger partial charge is 0.256 e. The van der Waals surface area contributed by atoms with Gasteiger partial charge in [-0.3, -0.25) is 4.79 Å². The summed E-state index contributed by atoms with van der Waals surface area (Å²) in [6, 6.07) is 11.6. The standard InChI is InChI=1S/C21H21FN6O2/c22-17-14-24-21(26-19(17)30-13-9-23)27-11-7-16(8-12-27)20(29)28-18(6-10-25-28)15-4-2-1-3-5-15/h1-5,10,14,16,18H,6-8,11-13H2. The van der Waals surface area contributed by atoms with E-state index in [1.807, 2.05) is 35.2 Å². The molecule has 1 atom stereocenters. The van der Waals surface area contributed by atoms with Crippen LogP contribution in [0.3, 0.4) is 0 Å². The van der Waals surface area contributed by atoms with Crippen molar-refractivity contribution in [3.8, 4) is 11.9 Å². The second kappa shape index (κ2) is 8.86. The highest BCUT2D eigenvalue weighted by Crippen LogP contribution is 2.32. The molecule has 2 aromatic rings. The number of nitrogens with zero attached hydrogens (tertiary/aromatic N) is 6. The van der Waals surface area contributed by atoms with Gasteiger partial charge in [0.25, 0.3) is 5.88 Å². The largest absolute Gasteiger partial charge is 0.460 e. The average Bonchev–Trinajstić information content (AvgIpc) is 3.29. The molecule has 9 heteroatoms. The van der Waals surface area contributed by atoms with E-state index >= 15 is 0 Å². The number of rotatable bonds is 5. The second-order valence-electron chi connectivity index (χ2n) is 7.17. The van der Waals surface area contributed by atoms with Crippen LogP contribution >= 0.6 is 0 Å². The Kier molecular flexibility index (Phi) is 5.84. The van der Waals surface area contributed by atoms with Gasteiger partial charge in [0.2, 0.25) is 17.7 Å². The van der Waals surface area contributed by atoms with Gasteiger partial charge in [-0.15, -0.1) is 0 Å². The van der Waals surface area contributed by atoms with Gasteiger partial charge in [0.1, 0.15) is 6.07 Å². The van der Waals surface area contributed by atoms with Gasteiger partial charge >= 0.3 is 0 Å². The van der Waals surface area contributed by atoms with Gasteiger partial charge in [-0.25, -0.2) is 9.99 Å². The Morgan fingerprint density at radius 3 is 2.77 bits per heavy atom. The van der Waals surface area contributed by atoms with Crippen molar-refractivity contribution in [2.24, 2.45) is 11.0 Å². The maximum atomic E-state index is 13.7. The highest BCUT2D eigenvalue weighted by Gasteiger charge is 2.35. The van der Waals surface area contributed by atoms with Gasteiger partial charge in [0.15, 0.2) is 6.61 Å². The lowest BCUT2D eigenvalue weighted by Crippen LogP contribution is -2.41. The van der Waals surface area contributed by atoms with Gasteiger partial charge in [-0.2, -0.15) is 19.7 Å². The third-order valence-electron chi connectivity index (χ3n) is 5.34. The van der Waals surface area contributed by atoms with E-state index in [2.05, 4.69) is 15.1 Å². The number of benzene rings is 1. The highest BCUT2D eigenvalue weighted by atomic mass is 19.1. The number of carbonyl (C=O) groups is 1. The number of halogens is 1. The summed E-state index contributed by atoms with van der Waals surface area (Å²) in [6.45, 7) is 0.837. The number of aromatic nitrogens is 2. The number of hydrogen-bond acceptors (Lipinski definition) is 7. The zero-order valence-electron chi connectivity index (χ0n) is 16.3. The molecule has 0 aliphatic carbocycles. The Balaban J connectivity index is 1.39. The Bertz CT molecular complexity index is 969. The van der Waals surface area contributed by atoms with Crippen LogP contribution in [0.25, 0.3) is 0 Å². The van der Waals surface area contributed by atoms with Crippen molar-refractivity contribution in [3.63, 3.8) is 0 Å². The van der Waals surface area contributed by atoms with Crippen molar-refractivity contribution < 1.29 is 13.9 Å². The molecule has 1 fully saturated rings. The SMILES string of the molecule is N#CCOc1nc(N2CCC(C(=O)N3N=CCC3c3ccccc3)CC2)ncc1F. The molecule has 1 unspecified atom stereocenters. The lowest BCUT2D eigenvalue weighted by molar-refractivity contribution is -0.138. The molecule has 1 aromatic carbocycles. The fraction of sp³-hybridized carbons (Fsp3) is 0.381. The minimum Gasteiger partial charge on any atom is -0.460 e. The number of hydrazone groups is 1. The Morgan fingerprint density at radius 1 is 1.27 bits per heavy atom. The molecule has 154 valence electrons. The highest BCUT2D eigenvalue weighted by molar-refractivity contribution is 5.82. The molecule has 4 rings (SSSR count). The Hall–Kier alpha value is -3.54. The van der Waals surface area contributed by atoms with Gasteiger partial charge in [0.05, 0.1) is 12.2 Å². The van der Waals surface area contributed by atoms with E-state index in [9.17, 15) is 9.18 Å². The summed E-state index contributed by atoms with van der Waals surface area (Å²) in [5.74, 6) is -0.737. The molecule has 2 aliphatic heterocycles. The second-order valence-corrected chi connectivity index (χ2v) is 7.17. The summed E-state index contributed by atoms with van der Waals surface area (Å²) < 4.78 is 18.7. The van der Waals surface area contributed by atoms with Crippen LogP contribution in [0, 0.1) is 23.1 Å². The molecule has 3 heterocycles. The first kappa shape index (κ1) is 19.8. The molecule has 0 bridgehead atoms. The number of ether oxygens (including phenoxy) is 1. The maximum absolute atomic E-state index is 13.7. The third kappa shape index (κ3) is 4.08. The van der Waals surface area contributed by atoms with Crippen LogP contribution in [0.4, 0.5) is 10.3 Å². The molecule has 0 radical (unpaired) electrons. The van der Waals surface area contributed by atoms with E-state index in [0.29, 0.717) is 38.3 Å². The number of amides is 1. The molecule has 8 nitrogen and oxygen atoms in total. The number of hydrogen-bond donors (Lipinski definition) is 0. The summed E-state index contributed by atoms with van der Waals surface area (Å²) in [6.07, 6.45) is 4.79. The lowest BCUT2D eigenvalue weighted by Gasteiger charge is -2.33. The molecule has 0 N–H and O–H groups in total. The first-order valence-corrected chi connectivity index (χ1v) is 9.85. The van der Waals surface area contributed by atoms with Crippen LogP contribution in [0.2, 0.25) is 0 Å². The molecule has 30 heavy (non-hydrogen) atoms. The molecule has 0 spiro atoms. The van der Waals surface area contributed by atoms with Gasteiger partial charge < -0.3 is 9.64 Å². The first-order chi connectivity index (χ1) is 14.7. The summed E-state index contributed by atoms with van der Waals surface area (Å²) in [4.78, 5) is 23.1. The van der Waals surface area contributed by atoms with Crippen molar-refractivity contribution in [3.05, 3.63) is 47.9 Å². The number of carbonyl (C=O) groups excluding carboxylic acids is 1. The molecular formula is C21H21FN6O2. The normalized spacial score (nSPS) is 19.0. The molecular weight excluding hydrogens is 387 g/mol.